The number of hydrogen-bond donors (Lipinski definition) is 2. The van der Waals surface area contributed by atoms with E-state index in [0.717, 1.165) is 24.0 Å². The van der Waals surface area contributed by atoms with Crippen LogP contribution in [0.25, 0.3) is 0 Å². The average molecular weight is 517 g/mol. The number of carbonyl (C=O) groups is 2. The van der Waals surface area contributed by atoms with Crippen molar-refractivity contribution < 1.29 is 24.2 Å². The number of fused-ring (bicyclic) bond motifs is 5. The standard InChI is InChI=1S/C28H37ClN2O5/c1-17-8-6-7-10-28(34)16-23(36-26(33)30-28)18(2)20-15-27(20,3)11-9-24(32)31(4)21-13-19(12-17)14-22(35-5)25(21)29/h6-8,13-14,18,20,23,34H,9-12,15-16H2,1-5H3,(H,30,33)/b7-6+,17-8+/t18-,20?,23?,27?,28+/m0/s1. The Morgan fingerprint density at radius 1 is 1.28 bits per heavy atom. The zero-order valence-electron chi connectivity index (χ0n) is 21.8. The van der Waals surface area contributed by atoms with Gasteiger partial charge in [0, 0.05) is 26.3 Å². The Labute approximate surface area is 218 Å². The fourth-order valence-electron chi connectivity index (χ4n) is 5.72. The monoisotopic (exact) mass is 516 g/mol. The molecule has 2 heterocycles. The Balaban J connectivity index is 1.66. The summed E-state index contributed by atoms with van der Waals surface area (Å²) in [5.41, 5.74) is 1.33. The predicted molar refractivity (Wildman–Crippen MR) is 140 cm³/mol. The number of rotatable bonds is 1. The van der Waals surface area contributed by atoms with Gasteiger partial charge in [-0.15, -0.1) is 0 Å². The van der Waals surface area contributed by atoms with E-state index in [9.17, 15) is 14.7 Å². The van der Waals surface area contributed by atoms with E-state index in [4.69, 9.17) is 21.1 Å². The van der Waals surface area contributed by atoms with Crippen molar-refractivity contribution in [3.63, 3.8) is 0 Å². The molecule has 0 radical (unpaired) electrons. The number of ether oxygens (including phenoxy) is 2. The van der Waals surface area contributed by atoms with Crippen LogP contribution in [0.4, 0.5) is 10.5 Å². The van der Waals surface area contributed by atoms with Gasteiger partial charge in [0.25, 0.3) is 0 Å². The molecular weight excluding hydrogens is 480 g/mol. The van der Waals surface area contributed by atoms with Gasteiger partial charge in [0.15, 0.2) is 0 Å². The number of halogens is 1. The number of aliphatic hydroxyl groups is 1. The van der Waals surface area contributed by atoms with Crippen LogP contribution in [0.3, 0.4) is 0 Å². The van der Waals surface area contributed by atoms with E-state index in [1.54, 1.807) is 19.1 Å². The molecule has 3 aliphatic rings. The van der Waals surface area contributed by atoms with Crippen LogP contribution in [-0.4, -0.2) is 43.1 Å². The number of nitrogens with zero attached hydrogens (tertiary/aromatic N) is 1. The molecule has 2 amide bonds. The van der Waals surface area contributed by atoms with Gasteiger partial charge >= 0.3 is 6.09 Å². The summed E-state index contributed by atoms with van der Waals surface area (Å²) in [6.07, 6.45) is 8.09. The highest BCUT2D eigenvalue weighted by Crippen LogP contribution is 2.60. The molecule has 4 rings (SSSR count). The Hall–Kier alpha value is -2.51. The predicted octanol–water partition coefficient (Wildman–Crippen LogP) is 5.39. The van der Waals surface area contributed by atoms with Gasteiger partial charge < -0.3 is 19.5 Å². The van der Waals surface area contributed by atoms with Crippen molar-refractivity contribution >= 4 is 29.3 Å². The lowest BCUT2D eigenvalue weighted by Crippen LogP contribution is -2.57. The molecule has 1 saturated heterocycles. The summed E-state index contributed by atoms with van der Waals surface area (Å²) in [6, 6.07) is 3.84. The van der Waals surface area contributed by atoms with Crippen molar-refractivity contribution in [1.29, 1.82) is 0 Å². The zero-order valence-corrected chi connectivity index (χ0v) is 22.5. The molecule has 196 valence electrons. The summed E-state index contributed by atoms with van der Waals surface area (Å²) < 4.78 is 11.1. The van der Waals surface area contributed by atoms with E-state index in [1.807, 2.05) is 37.3 Å². The van der Waals surface area contributed by atoms with E-state index in [2.05, 4.69) is 19.2 Å². The van der Waals surface area contributed by atoms with Gasteiger partial charge in [0.2, 0.25) is 5.91 Å². The molecule has 5 atom stereocenters. The average Bonchev–Trinajstić information content (AvgIpc) is 3.50. The number of carbonyl (C=O) groups excluding carboxylic acids is 2. The Morgan fingerprint density at radius 2 is 2.03 bits per heavy atom. The van der Waals surface area contributed by atoms with Gasteiger partial charge in [0.05, 0.1) is 12.8 Å². The molecule has 2 N–H and O–H groups in total. The van der Waals surface area contributed by atoms with Gasteiger partial charge in [-0.1, -0.05) is 49.2 Å². The number of alkyl carbamates (subject to hydrolysis) is 1. The van der Waals surface area contributed by atoms with E-state index >= 15 is 0 Å². The van der Waals surface area contributed by atoms with Crippen molar-refractivity contribution in [2.24, 2.45) is 17.3 Å². The molecule has 1 aliphatic carbocycles. The fraction of sp³-hybridized carbons (Fsp3) is 0.571. The summed E-state index contributed by atoms with van der Waals surface area (Å²) in [4.78, 5) is 27.1. The molecule has 7 nitrogen and oxygen atoms in total. The highest BCUT2D eigenvalue weighted by molar-refractivity contribution is 6.35. The minimum Gasteiger partial charge on any atom is -0.495 e. The molecule has 1 aromatic rings. The first-order valence-electron chi connectivity index (χ1n) is 12.6. The lowest BCUT2D eigenvalue weighted by Gasteiger charge is -2.39. The van der Waals surface area contributed by atoms with Crippen molar-refractivity contribution in [1.82, 2.24) is 5.32 Å². The summed E-state index contributed by atoms with van der Waals surface area (Å²) in [5.74, 6) is 0.910. The summed E-state index contributed by atoms with van der Waals surface area (Å²) in [7, 11) is 3.33. The number of benzene rings is 1. The van der Waals surface area contributed by atoms with E-state index in [-0.39, 0.29) is 29.8 Å². The number of hydrogen-bond acceptors (Lipinski definition) is 5. The Bertz CT molecular complexity index is 1100. The molecule has 2 aliphatic heterocycles. The molecule has 36 heavy (non-hydrogen) atoms. The fourth-order valence-corrected chi connectivity index (χ4v) is 6.04. The first-order valence-corrected chi connectivity index (χ1v) is 13.0. The van der Waals surface area contributed by atoms with E-state index in [1.165, 1.54) is 0 Å². The maximum Gasteiger partial charge on any atom is 0.409 e. The van der Waals surface area contributed by atoms with Crippen LogP contribution in [0.2, 0.25) is 5.02 Å². The SMILES string of the molecule is COc1cc2cc(c1Cl)N(C)C(=O)CCC1(C)CC1[C@H](C)C1C[C@](O)(C/C=C/C=C(\C)C2)NC(=O)O1. The second kappa shape index (κ2) is 10.1. The summed E-state index contributed by atoms with van der Waals surface area (Å²) in [6.45, 7) is 6.28. The topological polar surface area (TPSA) is 88.1 Å². The molecule has 1 aromatic carbocycles. The van der Waals surface area contributed by atoms with E-state index in [0.29, 0.717) is 41.6 Å². The number of anilines is 1. The first kappa shape index (κ1) is 26.6. The third kappa shape index (κ3) is 5.57. The molecular formula is C28H37ClN2O5. The third-order valence-electron chi connectivity index (χ3n) is 8.17. The molecule has 0 aromatic heterocycles. The number of methoxy groups -OCH3 is 1. The maximum atomic E-state index is 13.2. The smallest absolute Gasteiger partial charge is 0.409 e. The molecule has 2 fully saturated rings. The van der Waals surface area contributed by atoms with Crippen molar-refractivity contribution in [3.8, 4) is 5.75 Å². The number of amides is 2. The summed E-state index contributed by atoms with van der Waals surface area (Å²) in [5, 5.41) is 14.2. The van der Waals surface area contributed by atoms with Crippen molar-refractivity contribution in [2.45, 2.75) is 71.1 Å². The zero-order chi connectivity index (χ0) is 26.3. The van der Waals surface area contributed by atoms with Gasteiger partial charge in [-0.25, -0.2) is 4.79 Å². The van der Waals surface area contributed by atoms with Gasteiger partial charge in [-0.05, 0) is 61.1 Å². The largest absolute Gasteiger partial charge is 0.495 e. The lowest BCUT2D eigenvalue weighted by atomic mass is 9.85. The van der Waals surface area contributed by atoms with Crippen LogP contribution < -0.4 is 15.0 Å². The normalized spacial score (nSPS) is 35.6. The minimum atomic E-state index is -1.35. The highest BCUT2D eigenvalue weighted by atomic mass is 35.5. The van der Waals surface area contributed by atoms with Crippen LogP contribution in [0.5, 0.6) is 5.75 Å². The number of allylic oxidation sites excluding steroid dienone is 3. The second-order valence-electron chi connectivity index (χ2n) is 11.0. The van der Waals surface area contributed by atoms with Crippen LogP contribution in [0.1, 0.15) is 58.4 Å². The molecule has 8 heteroatoms. The lowest BCUT2D eigenvalue weighted by molar-refractivity contribution is -0.118. The molecule has 1 saturated carbocycles. The van der Waals surface area contributed by atoms with Gasteiger partial charge in [0.1, 0.15) is 22.6 Å². The summed E-state index contributed by atoms with van der Waals surface area (Å²) >= 11 is 6.61. The maximum absolute atomic E-state index is 13.2. The molecule has 3 unspecified atom stereocenters. The van der Waals surface area contributed by atoms with Crippen LogP contribution in [0, 0.1) is 17.3 Å². The van der Waals surface area contributed by atoms with Crippen molar-refractivity contribution in [3.05, 3.63) is 46.5 Å². The Kier molecular flexibility index (Phi) is 7.45. The highest BCUT2D eigenvalue weighted by Gasteiger charge is 2.55. The third-order valence-corrected chi connectivity index (χ3v) is 8.55. The number of nitrogens with one attached hydrogen (secondary N) is 1. The van der Waals surface area contributed by atoms with Crippen molar-refractivity contribution in [2.75, 3.05) is 19.1 Å². The second-order valence-corrected chi connectivity index (χ2v) is 11.4. The Morgan fingerprint density at radius 3 is 2.75 bits per heavy atom. The minimum absolute atomic E-state index is 0.00795. The van der Waals surface area contributed by atoms with Crippen LogP contribution >= 0.6 is 11.6 Å². The van der Waals surface area contributed by atoms with E-state index < -0.39 is 11.8 Å². The van der Waals surface area contributed by atoms with Gasteiger partial charge in [-0.3, -0.25) is 10.1 Å². The van der Waals surface area contributed by atoms with Gasteiger partial charge in [-0.2, -0.15) is 0 Å². The van der Waals surface area contributed by atoms with Crippen LogP contribution in [-0.2, 0) is 16.0 Å². The molecule has 4 bridgehead atoms. The first-order chi connectivity index (χ1) is 16.9. The quantitative estimate of drug-likeness (QED) is 0.522. The van der Waals surface area contributed by atoms with Crippen LogP contribution in [0.15, 0.2) is 35.9 Å². The molecule has 0 spiro atoms.